The van der Waals surface area contributed by atoms with Gasteiger partial charge in [-0.25, -0.2) is 0 Å². The van der Waals surface area contributed by atoms with E-state index in [9.17, 15) is 0 Å². The Kier molecular flexibility index (Phi) is 4.97. The Morgan fingerprint density at radius 2 is 2.00 bits per heavy atom. The molecule has 2 rings (SSSR count). The number of anilines is 1. The van der Waals surface area contributed by atoms with Crippen molar-refractivity contribution in [3.05, 3.63) is 17.8 Å². The standard InChI is InChI=1S/C16H28N4/c1-11(2)17-9-15-6-7-16(19-18-15)20-10-12(3)8-13(4)14(20)5/h6-7,11-14,17H,8-10H2,1-5H3. The molecule has 3 unspecified atom stereocenters. The summed E-state index contributed by atoms with van der Waals surface area (Å²) in [6.07, 6.45) is 1.31. The van der Waals surface area contributed by atoms with Crippen LogP contribution in [-0.2, 0) is 6.54 Å². The van der Waals surface area contributed by atoms with E-state index < -0.39 is 0 Å². The van der Waals surface area contributed by atoms with Crippen molar-refractivity contribution < 1.29 is 0 Å². The van der Waals surface area contributed by atoms with Crippen LogP contribution in [-0.4, -0.2) is 28.8 Å². The minimum absolute atomic E-state index is 0.472. The van der Waals surface area contributed by atoms with E-state index in [1.54, 1.807) is 0 Å². The summed E-state index contributed by atoms with van der Waals surface area (Å²) in [4.78, 5) is 2.41. The summed E-state index contributed by atoms with van der Waals surface area (Å²) in [5.74, 6) is 2.46. The molecule has 1 aromatic heterocycles. The summed E-state index contributed by atoms with van der Waals surface area (Å²) in [6, 6.07) is 5.22. The molecule has 1 N–H and O–H groups in total. The van der Waals surface area contributed by atoms with Crippen molar-refractivity contribution in [1.82, 2.24) is 15.5 Å². The Hall–Kier alpha value is -1.16. The van der Waals surface area contributed by atoms with Gasteiger partial charge in [0.2, 0.25) is 0 Å². The molecule has 4 heteroatoms. The van der Waals surface area contributed by atoms with Crippen molar-refractivity contribution >= 4 is 5.82 Å². The molecule has 112 valence electrons. The lowest BCUT2D eigenvalue weighted by Gasteiger charge is -2.41. The van der Waals surface area contributed by atoms with Gasteiger partial charge < -0.3 is 10.2 Å². The van der Waals surface area contributed by atoms with Crippen LogP contribution in [0.4, 0.5) is 5.82 Å². The highest BCUT2D eigenvalue weighted by atomic mass is 15.3. The minimum atomic E-state index is 0.472. The lowest BCUT2D eigenvalue weighted by atomic mass is 9.86. The molecule has 1 fully saturated rings. The van der Waals surface area contributed by atoms with Gasteiger partial charge >= 0.3 is 0 Å². The fourth-order valence-corrected chi connectivity index (χ4v) is 2.93. The first-order valence-corrected chi connectivity index (χ1v) is 7.80. The van der Waals surface area contributed by atoms with Crippen LogP contribution in [0.1, 0.15) is 46.7 Å². The monoisotopic (exact) mass is 276 g/mol. The molecule has 4 nitrogen and oxygen atoms in total. The molecular formula is C16H28N4. The van der Waals surface area contributed by atoms with Gasteiger partial charge in [-0.15, -0.1) is 5.10 Å². The predicted octanol–water partition coefficient (Wildman–Crippen LogP) is 2.85. The third kappa shape index (κ3) is 3.69. The average Bonchev–Trinajstić information content (AvgIpc) is 2.41. The van der Waals surface area contributed by atoms with Crippen LogP contribution >= 0.6 is 0 Å². The molecule has 3 atom stereocenters. The smallest absolute Gasteiger partial charge is 0.151 e. The first-order chi connectivity index (χ1) is 9.47. The maximum Gasteiger partial charge on any atom is 0.151 e. The number of hydrogen-bond acceptors (Lipinski definition) is 4. The Morgan fingerprint density at radius 3 is 2.60 bits per heavy atom. The highest BCUT2D eigenvalue weighted by Gasteiger charge is 2.29. The maximum atomic E-state index is 4.44. The van der Waals surface area contributed by atoms with Gasteiger partial charge in [-0.05, 0) is 37.3 Å². The fraction of sp³-hybridized carbons (Fsp3) is 0.750. The summed E-state index contributed by atoms with van der Waals surface area (Å²) in [6.45, 7) is 13.1. The predicted molar refractivity (Wildman–Crippen MR) is 83.8 cm³/mol. The Balaban J connectivity index is 2.05. The van der Waals surface area contributed by atoms with Gasteiger partial charge in [0.25, 0.3) is 0 Å². The third-order valence-corrected chi connectivity index (χ3v) is 4.29. The Morgan fingerprint density at radius 1 is 1.25 bits per heavy atom. The van der Waals surface area contributed by atoms with Gasteiger partial charge in [0.05, 0.1) is 5.69 Å². The highest BCUT2D eigenvalue weighted by Crippen LogP contribution is 2.29. The second-order valence-corrected chi connectivity index (χ2v) is 6.63. The normalized spacial score (nSPS) is 27.1. The van der Waals surface area contributed by atoms with Crippen LogP contribution < -0.4 is 10.2 Å². The Bertz CT molecular complexity index is 415. The number of nitrogens with one attached hydrogen (secondary N) is 1. The van der Waals surface area contributed by atoms with Crippen molar-refractivity contribution in [2.75, 3.05) is 11.4 Å². The maximum absolute atomic E-state index is 4.44. The minimum Gasteiger partial charge on any atom is -0.352 e. The number of nitrogens with zero attached hydrogens (tertiary/aromatic N) is 3. The lowest BCUT2D eigenvalue weighted by Crippen LogP contribution is -2.46. The molecule has 0 spiro atoms. The van der Waals surface area contributed by atoms with Crippen molar-refractivity contribution in [2.24, 2.45) is 11.8 Å². The van der Waals surface area contributed by atoms with Crippen LogP contribution in [0, 0.1) is 11.8 Å². The van der Waals surface area contributed by atoms with Crippen LogP contribution in [0.2, 0.25) is 0 Å². The second-order valence-electron chi connectivity index (χ2n) is 6.63. The van der Waals surface area contributed by atoms with Gasteiger partial charge in [-0.2, -0.15) is 5.10 Å². The van der Waals surface area contributed by atoms with Gasteiger partial charge in [0.1, 0.15) is 0 Å². The number of aromatic nitrogens is 2. The molecule has 1 saturated heterocycles. The molecule has 0 amide bonds. The summed E-state index contributed by atoms with van der Waals surface area (Å²) < 4.78 is 0. The van der Waals surface area contributed by atoms with E-state index in [2.05, 4.69) is 67.2 Å². The van der Waals surface area contributed by atoms with Crippen molar-refractivity contribution in [3.63, 3.8) is 0 Å². The fourth-order valence-electron chi connectivity index (χ4n) is 2.93. The van der Waals surface area contributed by atoms with Crippen LogP contribution in [0.15, 0.2) is 12.1 Å². The van der Waals surface area contributed by atoms with E-state index in [1.807, 2.05) is 0 Å². The van der Waals surface area contributed by atoms with E-state index in [0.717, 1.165) is 30.5 Å². The van der Waals surface area contributed by atoms with E-state index >= 15 is 0 Å². The zero-order valence-corrected chi connectivity index (χ0v) is 13.4. The summed E-state index contributed by atoms with van der Waals surface area (Å²) in [5.41, 5.74) is 1.01. The zero-order chi connectivity index (χ0) is 14.7. The molecule has 0 aliphatic carbocycles. The van der Waals surface area contributed by atoms with Gasteiger partial charge in [-0.3, -0.25) is 0 Å². The van der Waals surface area contributed by atoms with E-state index in [-0.39, 0.29) is 0 Å². The Labute approximate surface area is 123 Å². The second kappa shape index (κ2) is 6.53. The van der Waals surface area contributed by atoms with E-state index in [4.69, 9.17) is 0 Å². The van der Waals surface area contributed by atoms with Crippen LogP contribution in [0.5, 0.6) is 0 Å². The van der Waals surface area contributed by atoms with Gasteiger partial charge in [0, 0.05) is 25.2 Å². The first kappa shape index (κ1) is 15.2. The van der Waals surface area contributed by atoms with Crippen LogP contribution in [0.3, 0.4) is 0 Å². The molecule has 0 aromatic carbocycles. The van der Waals surface area contributed by atoms with E-state index in [1.165, 1.54) is 6.42 Å². The zero-order valence-electron chi connectivity index (χ0n) is 13.4. The SMILES string of the molecule is CC1CC(C)C(C)N(c2ccc(CNC(C)C)nn2)C1. The molecule has 2 heterocycles. The summed E-state index contributed by atoms with van der Waals surface area (Å²) >= 11 is 0. The molecule has 1 aromatic rings. The average molecular weight is 276 g/mol. The van der Waals surface area contributed by atoms with Crippen molar-refractivity contribution in [1.29, 1.82) is 0 Å². The van der Waals surface area contributed by atoms with Gasteiger partial charge in [-0.1, -0.05) is 27.7 Å². The molecule has 1 aliphatic heterocycles. The molecule has 0 bridgehead atoms. The highest BCUT2D eigenvalue weighted by molar-refractivity contribution is 5.39. The van der Waals surface area contributed by atoms with Crippen molar-refractivity contribution in [2.45, 2.75) is 59.7 Å². The third-order valence-electron chi connectivity index (χ3n) is 4.29. The molecule has 0 saturated carbocycles. The van der Waals surface area contributed by atoms with Gasteiger partial charge in [0.15, 0.2) is 5.82 Å². The quantitative estimate of drug-likeness (QED) is 0.918. The van der Waals surface area contributed by atoms with Crippen molar-refractivity contribution in [3.8, 4) is 0 Å². The summed E-state index contributed by atoms with van der Waals surface area (Å²) in [5, 5.41) is 12.2. The molecular weight excluding hydrogens is 248 g/mol. The summed E-state index contributed by atoms with van der Waals surface area (Å²) in [7, 11) is 0. The number of hydrogen-bond donors (Lipinski definition) is 1. The number of piperidine rings is 1. The molecule has 1 aliphatic rings. The number of rotatable bonds is 4. The van der Waals surface area contributed by atoms with Crippen LogP contribution in [0.25, 0.3) is 0 Å². The lowest BCUT2D eigenvalue weighted by molar-refractivity contribution is 0.295. The van der Waals surface area contributed by atoms with E-state index in [0.29, 0.717) is 18.0 Å². The topological polar surface area (TPSA) is 41.0 Å². The largest absolute Gasteiger partial charge is 0.352 e. The first-order valence-electron chi connectivity index (χ1n) is 7.80. The molecule has 20 heavy (non-hydrogen) atoms. The molecule has 0 radical (unpaired) electrons.